The summed E-state index contributed by atoms with van der Waals surface area (Å²) >= 11 is 0. The van der Waals surface area contributed by atoms with Crippen molar-refractivity contribution in [3.63, 3.8) is 0 Å². The minimum Gasteiger partial charge on any atom is -0.367 e. The van der Waals surface area contributed by atoms with Crippen LogP contribution in [-0.2, 0) is 29.3 Å². The molecule has 0 saturated carbocycles. The second-order valence-electron chi connectivity index (χ2n) is 6.53. The van der Waals surface area contributed by atoms with Crippen molar-refractivity contribution in [1.82, 2.24) is 0 Å². The maximum atomic E-state index is 12.9. The van der Waals surface area contributed by atoms with Gasteiger partial charge in [0.1, 0.15) is 0 Å². The van der Waals surface area contributed by atoms with Crippen LogP contribution in [0.5, 0.6) is 0 Å². The fourth-order valence-electron chi connectivity index (χ4n) is 3.40. The van der Waals surface area contributed by atoms with Gasteiger partial charge in [-0.3, -0.25) is 4.55 Å². The van der Waals surface area contributed by atoms with Crippen molar-refractivity contribution in [2.24, 2.45) is 5.92 Å². The van der Waals surface area contributed by atoms with Crippen LogP contribution in [0, 0.1) is 5.92 Å². The number of hydrogen-bond acceptors (Lipinski definition) is 3. The molecule has 1 atom stereocenters. The zero-order valence-electron chi connectivity index (χ0n) is 13.8. The van der Waals surface area contributed by atoms with Gasteiger partial charge in [-0.1, -0.05) is 30.3 Å². The highest BCUT2D eigenvalue weighted by molar-refractivity contribution is 7.85. The van der Waals surface area contributed by atoms with Crippen LogP contribution in [0.4, 0.5) is 18.9 Å². The molecule has 0 aliphatic carbocycles. The summed E-state index contributed by atoms with van der Waals surface area (Å²) in [7, 11) is -4.12. The summed E-state index contributed by atoms with van der Waals surface area (Å²) in [5, 5.41) is 0. The molecule has 0 spiro atoms. The van der Waals surface area contributed by atoms with Crippen LogP contribution in [0.25, 0.3) is 0 Å². The molecule has 0 radical (unpaired) electrons. The lowest BCUT2D eigenvalue weighted by atomic mass is 9.93. The maximum Gasteiger partial charge on any atom is 0.416 e. The topological polar surface area (TPSA) is 57.6 Å². The Labute approximate surface area is 150 Å². The quantitative estimate of drug-likeness (QED) is 0.814. The van der Waals surface area contributed by atoms with E-state index < -0.39 is 21.9 Å². The lowest BCUT2D eigenvalue weighted by molar-refractivity contribution is -0.137. The summed E-state index contributed by atoms with van der Waals surface area (Å²) in [6.07, 6.45) is -3.92. The Morgan fingerprint density at radius 3 is 2.54 bits per heavy atom. The van der Waals surface area contributed by atoms with Gasteiger partial charge in [-0.2, -0.15) is 21.6 Å². The summed E-state index contributed by atoms with van der Waals surface area (Å²) in [6.45, 7) is 0.565. The maximum absolute atomic E-state index is 12.9. The standard InChI is InChI=1S/C18H18F3NO3S/c19-18(20,21)16-6-3-4-13(9-16)10-22-11-14(12-26(23,24)25)8-15-5-1-2-7-17(15)22/h1-7,9,14H,8,10-12H2,(H,23,24,25). The first kappa shape index (κ1) is 18.7. The van der Waals surface area contributed by atoms with Crippen LogP contribution in [0.15, 0.2) is 48.5 Å². The zero-order chi connectivity index (χ0) is 18.9. The summed E-state index contributed by atoms with van der Waals surface area (Å²) in [4.78, 5) is 1.87. The number of hydrogen-bond donors (Lipinski definition) is 1. The van der Waals surface area contributed by atoms with Gasteiger partial charge >= 0.3 is 6.18 Å². The van der Waals surface area contributed by atoms with Crippen molar-refractivity contribution in [3.8, 4) is 0 Å². The van der Waals surface area contributed by atoms with Gasteiger partial charge in [0, 0.05) is 18.8 Å². The van der Waals surface area contributed by atoms with E-state index in [0.717, 1.165) is 23.4 Å². The highest BCUT2D eigenvalue weighted by Gasteiger charge is 2.31. The molecule has 0 amide bonds. The Bertz CT molecular complexity index is 897. The third kappa shape index (κ3) is 4.56. The number of benzene rings is 2. The lowest BCUT2D eigenvalue weighted by Crippen LogP contribution is -2.38. The molecular formula is C18H18F3NO3S. The summed E-state index contributed by atoms with van der Waals surface area (Å²) in [6, 6.07) is 12.5. The van der Waals surface area contributed by atoms with Crippen LogP contribution in [-0.4, -0.2) is 25.3 Å². The third-order valence-electron chi connectivity index (χ3n) is 4.39. The molecule has 1 N–H and O–H groups in total. The third-order valence-corrected chi connectivity index (χ3v) is 5.29. The molecule has 1 aliphatic heterocycles. The van der Waals surface area contributed by atoms with Gasteiger partial charge in [0.15, 0.2) is 0 Å². The number of para-hydroxylation sites is 1. The van der Waals surface area contributed by atoms with Crippen LogP contribution in [0.1, 0.15) is 16.7 Å². The van der Waals surface area contributed by atoms with Gasteiger partial charge in [-0.25, -0.2) is 0 Å². The summed E-state index contributed by atoms with van der Waals surface area (Å²) in [5.41, 5.74) is 1.56. The van der Waals surface area contributed by atoms with Gasteiger partial charge in [0.25, 0.3) is 10.1 Å². The molecule has 26 heavy (non-hydrogen) atoms. The normalized spacial score (nSPS) is 17.8. The van der Waals surface area contributed by atoms with Gasteiger partial charge in [0.05, 0.1) is 11.3 Å². The lowest BCUT2D eigenvalue weighted by Gasteiger charge is -2.36. The molecule has 0 aromatic heterocycles. The molecule has 1 unspecified atom stereocenters. The van der Waals surface area contributed by atoms with Crippen LogP contribution in [0.2, 0.25) is 0 Å². The number of halogens is 3. The van der Waals surface area contributed by atoms with E-state index in [1.54, 1.807) is 6.07 Å². The van der Waals surface area contributed by atoms with Crippen molar-refractivity contribution in [2.75, 3.05) is 17.2 Å². The van der Waals surface area contributed by atoms with Crippen molar-refractivity contribution >= 4 is 15.8 Å². The van der Waals surface area contributed by atoms with Gasteiger partial charge in [-0.05, 0) is 41.7 Å². The minimum atomic E-state index is -4.41. The SMILES string of the molecule is O=S(=O)(O)CC1Cc2ccccc2N(Cc2cccc(C(F)(F)F)c2)C1. The number of anilines is 1. The molecule has 3 rings (SSSR count). The fraction of sp³-hybridized carbons (Fsp3) is 0.333. The van der Waals surface area contributed by atoms with E-state index in [1.165, 1.54) is 6.07 Å². The van der Waals surface area contributed by atoms with Crippen molar-refractivity contribution in [2.45, 2.75) is 19.1 Å². The van der Waals surface area contributed by atoms with Crippen LogP contribution < -0.4 is 4.90 Å². The Balaban J connectivity index is 1.88. The molecule has 0 saturated heterocycles. The Kier molecular flexibility index (Phi) is 4.98. The summed E-state index contributed by atoms with van der Waals surface area (Å²) < 4.78 is 70.4. The molecule has 1 aliphatic rings. The van der Waals surface area contributed by atoms with Crippen LogP contribution in [0.3, 0.4) is 0 Å². The number of fused-ring (bicyclic) bond motifs is 1. The van der Waals surface area contributed by atoms with Crippen LogP contribution >= 0.6 is 0 Å². The highest BCUT2D eigenvalue weighted by atomic mass is 32.2. The highest BCUT2D eigenvalue weighted by Crippen LogP contribution is 2.33. The van der Waals surface area contributed by atoms with E-state index in [-0.39, 0.29) is 18.2 Å². The van der Waals surface area contributed by atoms with Crippen molar-refractivity contribution in [1.29, 1.82) is 0 Å². The van der Waals surface area contributed by atoms with Gasteiger partial charge < -0.3 is 4.90 Å². The predicted octanol–water partition coefficient (Wildman–Crippen LogP) is 3.77. The number of alkyl halides is 3. The smallest absolute Gasteiger partial charge is 0.367 e. The Morgan fingerprint density at radius 1 is 1.12 bits per heavy atom. The van der Waals surface area contributed by atoms with Gasteiger partial charge in [0.2, 0.25) is 0 Å². The molecule has 140 valence electrons. The van der Waals surface area contributed by atoms with Gasteiger partial charge in [-0.15, -0.1) is 0 Å². The van der Waals surface area contributed by atoms with E-state index >= 15 is 0 Å². The minimum absolute atomic E-state index is 0.225. The molecule has 2 aromatic carbocycles. The summed E-state index contributed by atoms with van der Waals surface area (Å²) in [5.74, 6) is -0.703. The molecule has 0 bridgehead atoms. The molecule has 4 nitrogen and oxygen atoms in total. The fourth-order valence-corrected chi connectivity index (χ4v) is 4.22. The second-order valence-corrected chi connectivity index (χ2v) is 8.02. The average molecular weight is 385 g/mol. The van der Waals surface area contributed by atoms with E-state index in [2.05, 4.69) is 0 Å². The second kappa shape index (κ2) is 6.92. The average Bonchev–Trinajstić information content (AvgIpc) is 2.53. The molecular weight excluding hydrogens is 367 g/mol. The van der Waals surface area contributed by atoms with E-state index in [4.69, 9.17) is 4.55 Å². The van der Waals surface area contributed by atoms with E-state index in [1.807, 2.05) is 29.2 Å². The zero-order valence-corrected chi connectivity index (χ0v) is 14.6. The first-order chi connectivity index (χ1) is 12.1. The first-order valence-electron chi connectivity index (χ1n) is 8.06. The Morgan fingerprint density at radius 2 is 1.85 bits per heavy atom. The molecule has 1 heterocycles. The number of nitrogens with zero attached hydrogens (tertiary/aromatic N) is 1. The molecule has 8 heteroatoms. The predicted molar refractivity (Wildman–Crippen MR) is 92.5 cm³/mol. The number of rotatable bonds is 4. The van der Waals surface area contributed by atoms with E-state index in [0.29, 0.717) is 18.5 Å². The first-order valence-corrected chi connectivity index (χ1v) is 9.67. The molecule has 0 fully saturated rings. The largest absolute Gasteiger partial charge is 0.416 e. The van der Waals surface area contributed by atoms with E-state index in [9.17, 15) is 21.6 Å². The monoisotopic (exact) mass is 385 g/mol. The molecule has 2 aromatic rings. The van der Waals surface area contributed by atoms with Crippen molar-refractivity contribution in [3.05, 3.63) is 65.2 Å². The van der Waals surface area contributed by atoms with Crippen molar-refractivity contribution < 1.29 is 26.1 Å². The Hall–Kier alpha value is -2.06.